The van der Waals surface area contributed by atoms with Crippen molar-refractivity contribution in [2.75, 3.05) is 5.32 Å². The van der Waals surface area contributed by atoms with Gasteiger partial charge in [0.05, 0.1) is 18.1 Å². The van der Waals surface area contributed by atoms with Crippen molar-refractivity contribution in [3.63, 3.8) is 0 Å². The smallest absolute Gasteiger partial charge is 0.322 e. The van der Waals surface area contributed by atoms with E-state index in [-0.39, 0.29) is 11.9 Å². The number of nitrogens with one attached hydrogen (secondary N) is 1. The predicted octanol–water partition coefficient (Wildman–Crippen LogP) is 3.01. The molecule has 19 heavy (non-hydrogen) atoms. The zero-order valence-electron chi connectivity index (χ0n) is 10.7. The Labute approximate surface area is 111 Å². The summed E-state index contributed by atoms with van der Waals surface area (Å²) in [5.41, 5.74) is 0.568. The second-order valence-electron chi connectivity index (χ2n) is 3.97. The number of carbonyl (C=O) groups is 1. The van der Waals surface area contributed by atoms with E-state index in [4.69, 9.17) is 4.74 Å². The van der Waals surface area contributed by atoms with Crippen molar-refractivity contribution in [1.82, 2.24) is 9.97 Å². The topological polar surface area (TPSA) is 64.1 Å². The Hall–Kier alpha value is -2.43. The molecule has 1 aromatic carbocycles. The van der Waals surface area contributed by atoms with Gasteiger partial charge in [0, 0.05) is 6.42 Å². The fraction of sp³-hybridized carbons (Fsp3) is 0.214. The molecule has 0 saturated heterocycles. The largest absolute Gasteiger partial charge is 0.424 e. The zero-order chi connectivity index (χ0) is 13.5. The third-order valence-corrected chi connectivity index (χ3v) is 2.34. The van der Waals surface area contributed by atoms with Crippen LogP contribution < -0.4 is 10.1 Å². The Morgan fingerprint density at radius 3 is 2.53 bits per heavy atom. The molecule has 0 bridgehead atoms. The molecular weight excluding hydrogens is 242 g/mol. The van der Waals surface area contributed by atoms with Crippen molar-refractivity contribution in [3.8, 4) is 11.8 Å². The van der Waals surface area contributed by atoms with Crippen molar-refractivity contribution in [3.05, 3.63) is 42.7 Å². The molecular formula is C14H15N3O2. The van der Waals surface area contributed by atoms with Gasteiger partial charge < -0.3 is 10.1 Å². The van der Waals surface area contributed by atoms with E-state index in [1.807, 2.05) is 37.3 Å². The highest BCUT2D eigenvalue weighted by atomic mass is 16.5. The number of benzene rings is 1. The van der Waals surface area contributed by atoms with Gasteiger partial charge >= 0.3 is 6.01 Å². The maximum Gasteiger partial charge on any atom is 0.322 e. The fourth-order valence-electron chi connectivity index (χ4n) is 1.48. The minimum absolute atomic E-state index is 0.0390. The first kappa shape index (κ1) is 13.0. The summed E-state index contributed by atoms with van der Waals surface area (Å²) >= 11 is 0. The number of hydrogen-bond acceptors (Lipinski definition) is 4. The van der Waals surface area contributed by atoms with Crippen LogP contribution in [0.5, 0.6) is 11.8 Å². The zero-order valence-corrected chi connectivity index (χ0v) is 10.7. The van der Waals surface area contributed by atoms with Gasteiger partial charge in [0.25, 0.3) is 0 Å². The van der Waals surface area contributed by atoms with Crippen molar-refractivity contribution < 1.29 is 9.53 Å². The molecule has 5 nitrogen and oxygen atoms in total. The van der Waals surface area contributed by atoms with Gasteiger partial charge in [-0.05, 0) is 18.6 Å². The van der Waals surface area contributed by atoms with Crippen LogP contribution in [0.4, 0.5) is 5.69 Å². The van der Waals surface area contributed by atoms with E-state index in [9.17, 15) is 4.79 Å². The van der Waals surface area contributed by atoms with Crippen LogP contribution >= 0.6 is 0 Å². The summed E-state index contributed by atoms with van der Waals surface area (Å²) in [6, 6.07) is 9.53. The first-order chi connectivity index (χ1) is 9.28. The van der Waals surface area contributed by atoms with E-state index in [1.54, 1.807) is 0 Å². The summed E-state index contributed by atoms with van der Waals surface area (Å²) in [5.74, 6) is 0.632. The maximum atomic E-state index is 11.4. The number of nitrogens with zero attached hydrogens (tertiary/aromatic N) is 2. The fourth-order valence-corrected chi connectivity index (χ4v) is 1.48. The molecule has 98 valence electrons. The first-order valence-electron chi connectivity index (χ1n) is 6.12. The first-order valence-corrected chi connectivity index (χ1v) is 6.12. The highest BCUT2D eigenvalue weighted by molar-refractivity contribution is 5.90. The minimum Gasteiger partial charge on any atom is -0.424 e. The number of rotatable bonds is 5. The van der Waals surface area contributed by atoms with Crippen molar-refractivity contribution in [2.45, 2.75) is 19.8 Å². The van der Waals surface area contributed by atoms with E-state index >= 15 is 0 Å². The lowest BCUT2D eigenvalue weighted by Gasteiger charge is -2.05. The van der Waals surface area contributed by atoms with Gasteiger partial charge in [0.15, 0.2) is 0 Å². The number of hydrogen-bond donors (Lipinski definition) is 1. The van der Waals surface area contributed by atoms with Crippen LogP contribution in [0.1, 0.15) is 19.8 Å². The molecule has 0 spiro atoms. The molecule has 2 aromatic rings. The third-order valence-electron chi connectivity index (χ3n) is 2.34. The van der Waals surface area contributed by atoms with Gasteiger partial charge in [-0.3, -0.25) is 4.79 Å². The van der Waals surface area contributed by atoms with E-state index in [0.29, 0.717) is 17.9 Å². The highest BCUT2D eigenvalue weighted by Gasteiger charge is 2.03. The molecule has 1 amide bonds. The number of anilines is 1. The van der Waals surface area contributed by atoms with Crippen LogP contribution in [-0.2, 0) is 4.79 Å². The Kier molecular flexibility index (Phi) is 4.44. The Balaban J connectivity index is 1.97. The summed E-state index contributed by atoms with van der Waals surface area (Å²) in [7, 11) is 0. The second-order valence-corrected chi connectivity index (χ2v) is 3.97. The summed E-state index contributed by atoms with van der Waals surface area (Å²) in [6.07, 6.45) is 4.35. The van der Waals surface area contributed by atoms with E-state index < -0.39 is 0 Å². The predicted molar refractivity (Wildman–Crippen MR) is 72.1 cm³/mol. The van der Waals surface area contributed by atoms with Gasteiger partial charge in [-0.1, -0.05) is 25.1 Å². The molecule has 0 aliphatic carbocycles. The van der Waals surface area contributed by atoms with Gasteiger partial charge in [-0.25, -0.2) is 9.97 Å². The van der Waals surface area contributed by atoms with Crippen LogP contribution in [0.15, 0.2) is 42.7 Å². The lowest BCUT2D eigenvalue weighted by atomic mass is 10.3. The van der Waals surface area contributed by atoms with Crippen LogP contribution in [0.2, 0.25) is 0 Å². The second kappa shape index (κ2) is 6.49. The lowest BCUT2D eigenvalue weighted by Crippen LogP contribution is -2.11. The number of ether oxygens (including phenoxy) is 1. The summed E-state index contributed by atoms with van der Waals surface area (Å²) in [5, 5.41) is 2.71. The number of para-hydroxylation sites is 1. The van der Waals surface area contributed by atoms with Crippen LogP contribution in [0.25, 0.3) is 0 Å². The third kappa shape index (κ3) is 4.06. The summed E-state index contributed by atoms with van der Waals surface area (Å²) in [6.45, 7) is 1.95. The molecule has 0 atom stereocenters. The SMILES string of the molecule is CCCC(=O)Nc1cnc(Oc2ccccc2)nc1. The summed E-state index contributed by atoms with van der Waals surface area (Å²) < 4.78 is 5.45. The molecule has 2 rings (SSSR count). The standard InChI is InChI=1S/C14H15N3O2/c1-2-6-13(18)17-11-9-15-14(16-10-11)19-12-7-4-3-5-8-12/h3-5,7-10H,2,6H2,1H3,(H,17,18). The molecule has 5 heteroatoms. The van der Waals surface area contributed by atoms with Gasteiger partial charge in [-0.2, -0.15) is 0 Å². The number of amides is 1. The average Bonchev–Trinajstić information content (AvgIpc) is 2.42. The lowest BCUT2D eigenvalue weighted by molar-refractivity contribution is -0.116. The highest BCUT2D eigenvalue weighted by Crippen LogP contribution is 2.17. The maximum absolute atomic E-state index is 11.4. The van der Waals surface area contributed by atoms with E-state index in [1.165, 1.54) is 12.4 Å². The van der Waals surface area contributed by atoms with Crippen molar-refractivity contribution in [2.24, 2.45) is 0 Å². The normalized spacial score (nSPS) is 9.95. The van der Waals surface area contributed by atoms with E-state index in [2.05, 4.69) is 15.3 Å². The molecule has 0 unspecified atom stereocenters. The minimum atomic E-state index is -0.0390. The van der Waals surface area contributed by atoms with Crippen LogP contribution in [0.3, 0.4) is 0 Å². The van der Waals surface area contributed by atoms with Crippen molar-refractivity contribution >= 4 is 11.6 Å². The van der Waals surface area contributed by atoms with Gasteiger partial charge in [0.1, 0.15) is 5.75 Å². The summed E-state index contributed by atoms with van der Waals surface area (Å²) in [4.78, 5) is 19.5. The average molecular weight is 257 g/mol. The molecule has 0 radical (unpaired) electrons. The van der Waals surface area contributed by atoms with Crippen LogP contribution in [0, 0.1) is 0 Å². The van der Waals surface area contributed by atoms with Gasteiger partial charge in [-0.15, -0.1) is 0 Å². The molecule has 0 saturated carbocycles. The molecule has 1 heterocycles. The molecule has 1 aromatic heterocycles. The van der Waals surface area contributed by atoms with Gasteiger partial charge in [0.2, 0.25) is 5.91 Å². The monoisotopic (exact) mass is 257 g/mol. The quantitative estimate of drug-likeness (QED) is 0.894. The Morgan fingerprint density at radius 2 is 1.89 bits per heavy atom. The molecule has 0 aliphatic heterocycles. The Bertz CT molecular complexity index is 526. The molecule has 0 fully saturated rings. The molecule has 1 N–H and O–H groups in total. The van der Waals surface area contributed by atoms with E-state index in [0.717, 1.165) is 6.42 Å². The Morgan fingerprint density at radius 1 is 1.21 bits per heavy atom. The van der Waals surface area contributed by atoms with Crippen molar-refractivity contribution in [1.29, 1.82) is 0 Å². The number of carbonyl (C=O) groups excluding carboxylic acids is 1. The number of aromatic nitrogens is 2. The molecule has 0 aliphatic rings. The van der Waals surface area contributed by atoms with Crippen LogP contribution in [-0.4, -0.2) is 15.9 Å².